The first-order valence-corrected chi connectivity index (χ1v) is 14.4. The maximum Gasteiger partial charge on any atom is 0.470 e. The lowest BCUT2D eigenvalue weighted by molar-refractivity contribution is -0.173. The Morgan fingerprint density at radius 2 is 1.32 bits per heavy atom. The Balaban J connectivity index is 2.25. The number of rotatable bonds is 20. The molecule has 200 valence electrons. The van der Waals surface area contributed by atoms with Crippen LogP contribution >= 0.6 is 7.82 Å². The number of esters is 1. The summed E-state index contributed by atoms with van der Waals surface area (Å²) in [5.74, 6) is -1.80. The SMILES string of the molecule is CC(C)CCCCCCCCCCCCCCC[C@]1([C@@H](O)CO)OC(=O)C(=O)C1OP(=O)(O)O. The molecule has 0 amide bonds. The van der Waals surface area contributed by atoms with Gasteiger partial charge in [-0.15, -0.1) is 0 Å². The van der Waals surface area contributed by atoms with Crippen molar-refractivity contribution in [3.05, 3.63) is 0 Å². The molecule has 1 aliphatic heterocycles. The van der Waals surface area contributed by atoms with E-state index in [0.29, 0.717) is 6.42 Å². The summed E-state index contributed by atoms with van der Waals surface area (Å²) in [6.45, 7) is 3.69. The minimum atomic E-state index is -5.13. The van der Waals surface area contributed by atoms with Crippen molar-refractivity contribution in [3.8, 4) is 0 Å². The summed E-state index contributed by atoms with van der Waals surface area (Å²) < 4.78 is 20.8. The molecule has 0 aromatic rings. The average Bonchev–Trinajstić information content (AvgIpc) is 2.99. The molecular formula is C24H45O9P. The number of phosphoric acid groups is 1. The van der Waals surface area contributed by atoms with Crippen LogP contribution in [-0.4, -0.2) is 56.2 Å². The number of carbonyl (C=O) groups is 2. The molecule has 34 heavy (non-hydrogen) atoms. The molecule has 0 bridgehead atoms. The number of hydrogen-bond acceptors (Lipinski definition) is 7. The molecule has 0 saturated carbocycles. The van der Waals surface area contributed by atoms with Gasteiger partial charge in [0.15, 0.2) is 11.7 Å². The lowest BCUT2D eigenvalue weighted by Gasteiger charge is -2.35. The van der Waals surface area contributed by atoms with Crippen LogP contribution in [0, 0.1) is 5.92 Å². The lowest BCUT2D eigenvalue weighted by atomic mass is 9.85. The second-order valence-electron chi connectivity index (χ2n) is 9.91. The van der Waals surface area contributed by atoms with E-state index in [1.54, 1.807) is 0 Å². The Hall–Kier alpha value is -0.830. The zero-order chi connectivity index (χ0) is 25.6. The second kappa shape index (κ2) is 16.0. The van der Waals surface area contributed by atoms with Gasteiger partial charge in [-0.25, -0.2) is 9.36 Å². The molecule has 0 aliphatic carbocycles. The molecule has 9 nitrogen and oxygen atoms in total. The quantitative estimate of drug-likeness (QED) is 0.0821. The summed E-state index contributed by atoms with van der Waals surface area (Å²) in [7, 11) is -5.13. The van der Waals surface area contributed by atoms with Gasteiger partial charge in [-0.1, -0.05) is 97.3 Å². The highest BCUT2D eigenvalue weighted by molar-refractivity contribution is 7.46. The van der Waals surface area contributed by atoms with Crippen LogP contribution < -0.4 is 0 Å². The molecule has 4 N–H and O–H groups in total. The van der Waals surface area contributed by atoms with Crippen molar-refractivity contribution < 1.29 is 43.4 Å². The molecule has 0 radical (unpaired) electrons. The number of hydrogen-bond donors (Lipinski definition) is 4. The van der Waals surface area contributed by atoms with Gasteiger partial charge >= 0.3 is 13.8 Å². The number of aliphatic hydroxyl groups is 2. The molecule has 10 heteroatoms. The first kappa shape index (κ1) is 31.2. The van der Waals surface area contributed by atoms with E-state index in [0.717, 1.165) is 31.6 Å². The first-order chi connectivity index (χ1) is 16.0. The molecule has 0 aromatic heterocycles. The summed E-state index contributed by atoms with van der Waals surface area (Å²) in [4.78, 5) is 42.1. The Kier molecular flexibility index (Phi) is 14.7. The second-order valence-corrected chi connectivity index (χ2v) is 11.1. The number of aliphatic hydroxyl groups excluding tert-OH is 2. The number of carbonyl (C=O) groups excluding carboxylic acids is 2. The summed E-state index contributed by atoms with van der Waals surface area (Å²) in [6, 6.07) is 0. The van der Waals surface area contributed by atoms with Gasteiger partial charge in [-0.3, -0.25) is 9.32 Å². The Morgan fingerprint density at radius 3 is 1.74 bits per heavy atom. The summed E-state index contributed by atoms with van der Waals surface area (Å²) in [6.07, 6.45) is 12.2. The average molecular weight is 509 g/mol. The molecule has 1 unspecified atom stereocenters. The topological polar surface area (TPSA) is 151 Å². The normalized spacial score (nSPS) is 21.9. The first-order valence-electron chi connectivity index (χ1n) is 12.8. The van der Waals surface area contributed by atoms with Crippen molar-refractivity contribution in [2.75, 3.05) is 6.61 Å². The largest absolute Gasteiger partial charge is 0.470 e. The van der Waals surface area contributed by atoms with Crippen molar-refractivity contribution in [1.29, 1.82) is 0 Å². The summed E-state index contributed by atoms with van der Waals surface area (Å²) in [5, 5.41) is 19.6. The van der Waals surface area contributed by atoms with Gasteiger partial charge in [0, 0.05) is 0 Å². The Morgan fingerprint density at radius 1 is 0.882 bits per heavy atom. The maximum absolute atomic E-state index is 12.1. The molecule has 1 heterocycles. The van der Waals surface area contributed by atoms with Crippen LogP contribution in [0.15, 0.2) is 0 Å². The van der Waals surface area contributed by atoms with E-state index in [2.05, 4.69) is 18.4 Å². The van der Waals surface area contributed by atoms with Crippen molar-refractivity contribution in [3.63, 3.8) is 0 Å². The van der Waals surface area contributed by atoms with Gasteiger partial charge in [-0.05, 0) is 18.8 Å². The zero-order valence-electron chi connectivity index (χ0n) is 20.8. The molecular weight excluding hydrogens is 463 g/mol. The van der Waals surface area contributed by atoms with Crippen LogP contribution in [0.4, 0.5) is 0 Å². The molecule has 0 spiro atoms. The molecule has 1 saturated heterocycles. The number of ketones is 1. The highest BCUT2D eigenvalue weighted by atomic mass is 31.2. The van der Waals surface area contributed by atoms with Crippen LogP contribution in [0.25, 0.3) is 0 Å². The van der Waals surface area contributed by atoms with Crippen molar-refractivity contribution in [2.24, 2.45) is 5.92 Å². The van der Waals surface area contributed by atoms with E-state index in [4.69, 9.17) is 14.5 Å². The molecule has 0 aromatic carbocycles. The number of ether oxygens (including phenoxy) is 1. The van der Waals surface area contributed by atoms with Crippen molar-refractivity contribution in [1.82, 2.24) is 0 Å². The molecule has 3 atom stereocenters. The number of cyclic esters (lactones) is 1. The predicted molar refractivity (Wildman–Crippen MR) is 128 cm³/mol. The fourth-order valence-electron chi connectivity index (χ4n) is 4.52. The Labute approximate surface area is 203 Å². The molecule has 1 fully saturated rings. The van der Waals surface area contributed by atoms with Crippen LogP contribution in [-0.2, 0) is 23.4 Å². The lowest BCUT2D eigenvalue weighted by Crippen LogP contribution is -2.54. The van der Waals surface area contributed by atoms with Gasteiger partial charge in [0.05, 0.1) is 6.61 Å². The van der Waals surface area contributed by atoms with Crippen LogP contribution in [0.5, 0.6) is 0 Å². The van der Waals surface area contributed by atoms with Gasteiger partial charge in [0.25, 0.3) is 5.78 Å². The van der Waals surface area contributed by atoms with Crippen molar-refractivity contribution >= 4 is 19.6 Å². The van der Waals surface area contributed by atoms with Crippen LogP contribution in [0.1, 0.15) is 110 Å². The third-order valence-corrected chi connectivity index (χ3v) is 6.98. The fraction of sp³-hybridized carbons (Fsp3) is 0.917. The zero-order valence-corrected chi connectivity index (χ0v) is 21.7. The molecule has 1 aliphatic rings. The number of Topliss-reactive ketones (excluding diaryl/α,β-unsaturated/α-hetero) is 1. The van der Waals surface area contributed by atoms with Gasteiger partial charge in [-0.2, -0.15) is 0 Å². The number of unbranched alkanes of at least 4 members (excludes halogenated alkanes) is 12. The minimum Gasteiger partial charge on any atom is -0.447 e. The Bertz CT molecular complexity index is 648. The third kappa shape index (κ3) is 11.3. The fourth-order valence-corrected chi connectivity index (χ4v) is 5.07. The standard InChI is InChI=1S/C24H45O9P/c1-19(2)16-14-12-10-8-6-4-3-5-7-9-11-13-15-17-24(20(26)18-25)22(33-34(29,30)31)21(27)23(28)32-24/h19-20,22,25-26H,3-18H2,1-2H3,(H2,29,30,31)/t20-,22?,24+/m0/s1. The highest BCUT2D eigenvalue weighted by Crippen LogP contribution is 2.45. The number of phosphoric ester groups is 1. The summed E-state index contributed by atoms with van der Waals surface area (Å²) >= 11 is 0. The van der Waals surface area contributed by atoms with E-state index in [1.165, 1.54) is 57.8 Å². The predicted octanol–water partition coefficient (Wildman–Crippen LogP) is 4.19. The third-order valence-electron chi connectivity index (χ3n) is 6.49. The molecule has 1 rings (SSSR count). The van der Waals surface area contributed by atoms with E-state index < -0.39 is 44.0 Å². The monoisotopic (exact) mass is 508 g/mol. The van der Waals surface area contributed by atoms with Gasteiger partial charge in [0.2, 0.25) is 0 Å². The summed E-state index contributed by atoms with van der Waals surface area (Å²) in [5.41, 5.74) is -2.00. The smallest absolute Gasteiger partial charge is 0.447 e. The van der Waals surface area contributed by atoms with E-state index in [-0.39, 0.29) is 6.42 Å². The van der Waals surface area contributed by atoms with E-state index in [9.17, 15) is 24.4 Å². The highest BCUT2D eigenvalue weighted by Gasteiger charge is 2.61. The van der Waals surface area contributed by atoms with Crippen LogP contribution in [0.2, 0.25) is 0 Å². The minimum absolute atomic E-state index is 0.0476. The van der Waals surface area contributed by atoms with Crippen LogP contribution in [0.3, 0.4) is 0 Å². The van der Waals surface area contributed by atoms with E-state index >= 15 is 0 Å². The maximum atomic E-state index is 12.1. The van der Waals surface area contributed by atoms with Gasteiger partial charge in [0.1, 0.15) is 6.10 Å². The van der Waals surface area contributed by atoms with Crippen molar-refractivity contribution in [2.45, 2.75) is 128 Å². The van der Waals surface area contributed by atoms with Gasteiger partial charge < -0.3 is 24.7 Å². The van der Waals surface area contributed by atoms with E-state index in [1.807, 2.05) is 0 Å².